The third-order valence-electron chi connectivity index (χ3n) is 1.03. The molecule has 0 unspecified atom stereocenters. The first-order chi connectivity index (χ1) is 4.61. The number of aromatic nitrogens is 2. The standard InChI is InChI=1S/C4H7N5O.ClH/c5-1-2(6)8-4(10)9-3(1)7;/h5H2,(H5,6,7,8,9,10);1H. The number of nitrogens with zero attached hydrogens (tertiary/aromatic N) is 1. The smallest absolute Gasteiger partial charge is 0.348 e. The highest BCUT2D eigenvalue weighted by atomic mass is 35.5. The zero-order valence-electron chi connectivity index (χ0n) is 5.50. The summed E-state index contributed by atoms with van der Waals surface area (Å²) in [7, 11) is 0. The first kappa shape index (κ1) is 9.57. The minimum atomic E-state index is -0.593. The van der Waals surface area contributed by atoms with Crippen molar-refractivity contribution in [3.05, 3.63) is 10.5 Å². The minimum Gasteiger partial charge on any atom is -0.393 e. The van der Waals surface area contributed by atoms with Crippen molar-refractivity contribution >= 4 is 29.7 Å². The van der Waals surface area contributed by atoms with Gasteiger partial charge in [-0.25, -0.2) is 4.79 Å². The Bertz CT molecular complexity index is 282. The van der Waals surface area contributed by atoms with E-state index in [1.807, 2.05) is 0 Å². The Hall–Kier alpha value is -1.43. The molecule has 0 amide bonds. The lowest BCUT2D eigenvalue weighted by atomic mass is 10.4. The van der Waals surface area contributed by atoms with Gasteiger partial charge in [0.05, 0.1) is 0 Å². The zero-order valence-corrected chi connectivity index (χ0v) is 6.31. The summed E-state index contributed by atoms with van der Waals surface area (Å²) >= 11 is 0. The van der Waals surface area contributed by atoms with Crippen LogP contribution in [0, 0.1) is 0 Å². The van der Waals surface area contributed by atoms with Gasteiger partial charge in [0.1, 0.15) is 11.5 Å². The molecule has 1 rings (SSSR count). The van der Waals surface area contributed by atoms with Crippen LogP contribution in [0.5, 0.6) is 0 Å². The Kier molecular flexibility index (Phi) is 2.70. The van der Waals surface area contributed by atoms with Gasteiger partial charge in [0, 0.05) is 0 Å². The van der Waals surface area contributed by atoms with Crippen molar-refractivity contribution in [1.82, 2.24) is 9.97 Å². The maximum absolute atomic E-state index is 10.5. The van der Waals surface area contributed by atoms with Crippen LogP contribution in [-0.4, -0.2) is 9.97 Å². The van der Waals surface area contributed by atoms with Crippen LogP contribution in [0.1, 0.15) is 0 Å². The van der Waals surface area contributed by atoms with Gasteiger partial charge in [-0.1, -0.05) is 0 Å². The fraction of sp³-hybridized carbons (Fsp3) is 0. The fourth-order valence-electron chi connectivity index (χ4n) is 0.518. The molecule has 0 aliphatic rings. The van der Waals surface area contributed by atoms with Crippen LogP contribution in [0.4, 0.5) is 17.3 Å². The molecule has 0 saturated carbocycles. The summed E-state index contributed by atoms with van der Waals surface area (Å²) in [5.41, 5.74) is 15.2. The summed E-state index contributed by atoms with van der Waals surface area (Å²) in [4.78, 5) is 16.0. The molecule has 7 N–H and O–H groups in total. The lowest BCUT2D eigenvalue weighted by Gasteiger charge is -1.99. The number of nitrogens with one attached hydrogen (secondary N) is 1. The molecule has 11 heavy (non-hydrogen) atoms. The van der Waals surface area contributed by atoms with Gasteiger partial charge < -0.3 is 17.2 Å². The quantitative estimate of drug-likeness (QED) is 0.402. The lowest BCUT2D eigenvalue weighted by molar-refractivity contribution is 1.10. The summed E-state index contributed by atoms with van der Waals surface area (Å²) in [5, 5.41) is 0. The molecule has 0 atom stereocenters. The minimum absolute atomic E-state index is 0. The first-order valence-electron chi connectivity index (χ1n) is 2.52. The number of hydrogen-bond acceptors (Lipinski definition) is 5. The van der Waals surface area contributed by atoms with Crippen molar-refractivity contribution in [2.75, 3.05) is 17.2 Å². The van der Waals surface area contributed by atoms with E-state index in [9.17, 15) is 4.79 Å². The maximum atomic E-state index is 10.5. The van der Waals surface area contributed by atoms with E-state index >= 15 is 0 Å². The Morgan fingerprint density at radius 3 is 2.27 bits per heavy atom. The number of H-pyrrole nitrogens is 1. The second kappa shape index (κ2) is 3.11. The molecule has 0 spiro atoms. The molecule has 0 fully saturated rings. The number of anilines is 3. The predicted molar refractivity (Wildman–Crippen MR) is 45.3 cm³/mol. The predicted octanol–water partition coefficient (Wildman–Crippen LogP) is -1.06. The number of nitrogen functional groups attached to an aromatic ring is 3. The molecule has 7 heteroatoms. The SMILES string of the molecule is Cl.Nc1nc(=O)[nH]c(N)c1N. The van der Waals surface area contributed by atoms with Crippen molar-refractivity contribution < 1.29 is 0 Å². The highest BCUT2D eigenvalue weighted by molar-refractivity contribution is 5.85. The van der Waals surface area contributed by atoms with E-state index in [1.165, 1.54) is 0 Å². The van der Waals surface area contributed by atoms with Crippen LogP contribution in [0.2, 0.25) is 0 Å². The first-order valence-corrected chi connectivity index (χ1v) is 2.52. The van der Waals surface area contributed by atoms with E-state index in [2.05, 4.69) is 9.97 Å². The van der Waals surface area contributed by atoms with Crippen LogP contribution in [0.15, 0.2) is 4.79 Å². The van der Waals surface area contributed by atoms with Gasteiger partial charge in [0.2, 0.25) is 0 Å². The van der Waals surface area contributed by atoms with Gasteiger partial charge >= 0.3 is 5.69 Å². The number of hydrogen-bond donors (Lipinski definition) is 4. The Morgan fingerprint density at radius 1 is 1.27 bits per heavy atom. The van der Waals surface area contributed by atoms with E-state index in [0.717, 1.165) is 0 Å². The summed E-state index contributed by atoms with van der Waals surface area (Å²) in [6, 6.07) is 0. The summed E-state index contributed by atoms with van der Waals surface area (Å²) in [6.45, 7) is 0. The van der Waals surface area contributed by atoms with Crippen LogP contribution in [0.3, 0.4) is 0 Å². The van der Waals surface area contributed by atoms with E-state index in [4.69, 9.17) is 17.2 Å². The summed E-state index contributed by atoms with van der Waals surface area (Å²) in [5.74, 6) is 0.0127. The number of aromatic amines is 1. The molecule has 6 nitrogen and oxygen atoms in total. The van der Waals surface area contributed by atoms with Crippen molar-refractivity contribution in [2.24, 2.45) is 0 Å². The second-order valence-corrected chi connectivity index (χ2v) is 1.75. The Balaban J connectivity index is 0.000001000. The van der Waals surface area contributed by atoms with Gasteiger partial charge in [0.15, 0.2) is 5.82 Å². The van der Waals surface area contributed by atoms with Crippen molar-refractivity contribution in [1.29, 1.82) is 0 Å². The van der Waals surface area contributed by atoms with Gasteiger partial charge in [-0.3, -0.25) is 4.98 Å². The molecule has 62 valence electrons. The number of rotatable bonds is 0. The largest absolute Gasteiger partial charge is 0.393 e. The molecule has 0 radical (unpaired) electrons. The average molecular weight is 178 g/mol. The van der Waals surface area contributed by atoms with Crippen LogP contribution >= 0.6 is 12.4 Å². The average Bonchev–Trinajstić information content (AvgIpc) is 1.82. The van der Waals surface area contributed by atoms with Crippen LogP contribution in [-0.2, 0) is 0 Å². The van der Waals surface area contributed by atoms with E-state index in [1.54, 1.807) is 0 Å². The molecule has 0 saturated heterocycles. The maximum Gasteiger partial charge on any atom is 0.348 e. The molecule has 1 aromatic heterocycles. The van der Waals surface area contributed by atoms with Crippen molar-refractivity contribution in [2.45, 2.75) is 0 Å². The van der Waals surface area contributed by atoms with Crippen LogP contribution in [0.25, 0.3) is 0 Å². The van der Waals surface area contributed by atoms with Gasteiger partial charge in [-0.15, -0.1) is 12.4 Å². The van der Waals surface area contributed by atoms with E-state index in [-0.39, 0.29) is 29.7 Å². The van der Waals surface area contributed by atoms with Gasteiger partial charge in [-0.2, -0.15) is 4.98 Å². The van der Waals surface area contributed by atoms with Gasteiger partial charge in [-0.05, 0) is 0 Å². The van der Waals surface area contributed by atoms with Crippen molar-refractivity contribution in [3.8, 4) is 0 Å². The van der Waals surface area contributed by atoms with E-state index in [0.29, 0.717) is 0 Å². The Labute approximate surface area is 68.2 Å². The van der Waals surface area contributed by atoms with Crippen molar-refractivity contribution in [3.63, 3.8) is 0 Å². The lowest BCUT2D eigenvalue weighted by Crippen LogP contribution is -2.17. The molecule has 0 aliphatic carbocycles. The number of halogens is 1. The molecular weight excluding hydrogens is 170 g/mol. The zero-order chi connectivity index (χ0) is 7.72. The van der Waals surface area contributed by atoms with Crippen LogP contribution < -0.4 is 22.9 Å². The normalized spacial score (nSPS) is 8.73. The van der Waals surface area contributed by atoms with Gasteiger partial charge in [0.25, 0.3) is 0 Å². The molecule has 1 heterocycles. The highest BCUT2D eigenvalue weighted by Crippen LogP contribution is 2.12. The Morgan fingerprint density at radius 2 is 1.82 bits per heavy atom. The number of nitrogens with two attached hydrogens (primary N) is 3. The third-order valence-corrected chi connectivity index (χ3v) is 1.03. The molecular formula is C4H8ClN5O. The van der Waals surface area contributed by atoms with E-state index < -0.39 is 5.69 Å². The topological polar surface area (TPSA) is 124 Å². The summed E-state index contributed by atoms with van der Waals surface area (Å²) < 4.78 is 0. The highest BCUT2D eigenvalue weighted by Gasteiger charge is 2.00. The molecule has 0 aliphatic heterocycles. The fourth-order valence-corrected chi connectivity index (χ4v) is 0.518. The molecule has 0 bridgehead atoms. The monoisotopic (exact) mass is 177 g/mol. The molecule has 0 aromatic carbocycles. The third kappa shape index (κ3) is 1.74. The molecule has 1 aromatic rings. The second-order valence-electron chi connectivity index (χ2n) is 1.75. The summed E-state index contributed by atoms with van der Waals surface area (Å²) in [6.07, 6.45) is 0.